The van der Waals surface area contributed by atoms with Gasteiger partial charge in [-0.2, -0.15) is 0 Å². The molecule has 0 atom stereocenters. The van der Waals surface area contributed by atoms with Crippen molar-refractivity contribution in [2.24, 2.45) is 0 Å². The van der Waals surface area contributed by atoms with E-state index in [-0.39, 0.29) is 0 Å². The standard InChI is InChI=1S/C25H35N4S/c1-7-18-13-20(27(5)6)15-22-24(18)26-25-19(8-2)14-21(16-23(25)30-22)29-11-9-28(10-12-29)17(3)4/h13-17H,7-12H2,1-6H3/q+1. The average Bonchev–Trinajstić information content (AvgIpc) is 2.76. The van der Waals surface area contributed by atoms with Crippen molar-refractivity contribution in [1.29, 1.82) is 0 Å². The molecule has 2 heterocycles. The fraction of sp³-hybridized carbons (Fsp3) is 0.520. The zero-order chi connectivity index (χ0) is 21.4. The molecule has 1 aromatic rings. The molecule has 0 amide bonds. The molecular weight excluding hydrogens is 388 g/mol. The van der Waals surface area contributed by atoms with Gasteiger partial charge in [-0.25, -0.2) is 9.56 Å². The van der Waals surface area contributed by atoms with E-state index in [1.54, 1.807) is 0 Å². The van der Waals surface area contributed by atoms with Crippen LogP contribution in [-0.4, -0.2) is 56.2 Å². The fourth-order valence-corrected chi connectivity index (χ4v) is 5.56. The highest BCUT2D eigenvalue weighted by Crippen LogP contribution is 2.36. The molecule has 3 aliphatic rings. The minimum atomic E-state index is 0.631. The van der Waals surface area contributed by atoms with Gasteiger partial charge >= 0.3 is 0 Å². The van der Waals surface area contributed by atoms with E-state index in [1.807, 2.05) is 11.3 Å². The second kappa shape index (κ2) is 8.64. The number of rotatable bonds is 4. The lowest BCUT2D eigenvalue weighted by Crippen LogP contribution is -2.48. The Kier molecular flexibility index (Phi) is 6.12. The summed E-state index contributed by atoms with van der Waals surface area (Å²) in [6.07, 6.45) is 2.02. The molecule has 0 saturated carbocycles. The maximum Gasteiger partial charge on any atom is 0.201 e. The van der Waals surface area contributed by atoms with E-state index in [4.69, 9.17) is 4.98 Å². The van der Waals surface area contributed by atoms with E-state index in [9.17, 15) is 0 Å². The van der Waals surface area contributed by atoms with Crippen LogP contribution >= 0.6 is 11.3 Å². The topological polar surface area (TPSA) is 22.4 Å². The molecule has 30 heavy (non-hydrogen) atoms. The number of piperazine rings is 1. The van der Waals surface area contributed by atoms with Crippen LogP contribution in [0.3, 0.4) is 0 Å². The van der Waals surface area contributed by atoms with Gasteiger partial charge in [0.1, 0.15) is 14.1 Å². The lowest BCUT2D eigenvalue weighted by Gasteiger charge is -2.38. The van der Waals surface area contributed by atoms with Crippen molar-refractivity contribution in [1.82, 2.24) is 14.5 Å². The smallest absolute Gasteiger partial charge is 0.201 e. The van der Waals surface area contributed by atoms with Gasteiger partial charge < -0.3 is 4.90 Å². The van der Waals surface area contributed by atoms with E-state index < -0.39 is 0 Å². The van der Waals surface area contributed by atoms with E-state index in [0.717, 1.165) is 39.0 Å². The molecule has 5 heteroatoms. The summed E-state index contributed by atoms with van der Waals surface area (Å²) in [5.41, 5.74) is 6.43. The van der Waals surface area contributed by atoms with Crippen molar-refractivity contribution in [2.75, 3.05) is 45.2 Å². The van der Waals surface area contributed by atoms with Gasteiger partial charge in [-0.15, -0.1) is 11.3 Å². The van der Waals surface area contributed by atoms with Crippen molar-refractivity contribution in [3.8, 4) is 10.6 Å². The molecular formula is C25H35N4S+. The van der Waals surface area contributed by atoms with Crippen LogP contribution in [0.15, 0.2) is 24.3 Å². The Morgan fingerprint density at radius 2 is 1.67 bits per heavy atom. The van der Waals surface area contributed by atoms with Crippen molar-refractivity contribution < 1.29 is 0 Å². The third-order valence-corrected chi connectivity index (χ3v) is 7.47. The predicted molar refractivity (Wildman–Crippen MR) is 131 cm³/mol. The number of fused-ring (bicyclic) bond motifs is 2. The Bertz CT molecular complexity index is 1090. The van der Waals surface area contributed by atoms with Gasteiger partial charge in [0, 0.05) is 50.0 Å². The van der Waals surface area contributed by atoms with Crippen molar-refractivity contribution in [2.45, 2.75) is 46.6 Å². The summed E-state index contributed by atoms with van der Waals surface area (Å²) in [6.45, 7) is 13.6. The highest BCUT2D eigenvalue weighted by Gasteiger charge is 2.21. The number of benzene rings is 2. The van der Waals surface area contributed by atoms with Gasteiger partial charge in [0.15, 0.2) is 0 Å². The Morgan fingerprint density at radius 3 is 2.27 bits per heavy atom. The quantitative estimate of drug-likeness (QED) is 0.466. The second-order valence-corrected chi connectivity index (χ2v) is 9.92. The van der Waals surface area contributed by atoms with Crippen molar-refractivity contribution in [3.63, 3.8) is 0 Å². The summed E-state index contributed by atoms with van der Waals surface area (Å²) in [5, 5.41) is 1.26. The average molecular weight is 424 g/mol. The van der Waals surface area contributed by atoms with Gasteiger partial charge in [-0.05, 0) is 49.9 Å². The third kappa shape index (κ3) is 3.97. The highest BCUT2D eigenvalue weighted by molar-refractivity contribution is 7.21. The first-order chi connectivity index (χ1) is 14.4. The van der Waals surface area contributed by atoms with Crippen LogP contribution in [0.25, 0.3) is 20.8 Å². The lowest BCUT2D eigenvalue weighted by atomic mass is 10.1. The number of hydrogen-bond acceptors (Lipinski definition) is 4. The van der Waals surface area contributed by atoms with Crippen LogP contribution in [0.4, 0.5) is 5.69 Å². The van der Waals surface area contributed by atoms with E-state index in [2.05, 4.69) is 80.4 Å². The van der Waals surface area contributed by atoms with Gasteiger partial charge in [0.2, 0.25) is 5.36 Å². The molecule has 0 bridgehead atoms. The minimum absolute atomic E-state index is 0.631. The molecule has 1 fully saturated rings. The number of aromatic nitrogens is 1. The molecule has 1 saturated heterocycles. The van der Waals surface area contributed by atoms with Crippen molar-refractivity contribution >= 4 is 27.2 Å². The summed E-state index contributed by atoms with van der Waals surface area (Å²) in [6, 6.07) is 9.99. The molecule has 2 aliphatic heterocycles. The summed E-state index contributed by atoms with van der Waals surface area (Å²) >= 11 is 1.90. The van der Waals surface area contributed by atoms with Gasteiger partial charge in [0.05, 0.1) is 20.8 Å². The molecule has 0 N–H and O–H groups in total. The Hall–Kier alpha value is -1.98. The molecule has 1 aromatic carbocycles. The molecule has 4 nitrogen and oxygen atoms in total. The van der Waals surface area contributed by atoms with Crippen molar-refractivity contribution in [3.05, 3.63) is 40.7 Å². The monoisotopic (exact) mass is 423 g/mol. The second-order valence-electron chi connectivity index (χ2n) is 8.84. The zero-order valence-corrected chi connectivity index (χ0v) is 20.1. The zero-order valence-electron chi connectivity index (χ0n) is 19.3. The molecule has 0 radical (unpaired) electrons. The van der Waals surface area contributed by atoms with Crippen LogP contribution in [0.5, 0.6) is 0 Å². The van der Waals surface area contributed by atoms with Crippen LogP contribution in [0.2, 0.25) is 0 Å². The summed E-state index contributed by atoms with van der Waals surface area (Å²) in [5.74, 6) is 0. The molecule has 0 unspecified atom stereocenters. The first-order valence-corrected chi connectivity index (χ1v) is 12.1. The van der Waals surface area contributed by atoms with E-state index >= 15 is 0 Å². The molecule has 0 spiro atoms. The molecule has 1 aliphatic carbocycles. The highest BCUT2D eigenvalue weighted by atomic mass is 32.1. The normalized spacial score (nSPS) is 15.5. The minimum Gasteiger partial charge on any atom is -0.369 e. The fourth-order valence-electron chi connectivity index (χ4n) is 4.41. The molecule has 4 rings (SSSR count). The summed E-state index contributed by atoms with van der Waals surface area (Å²) in [7, 11) is 4.23. The van der Waals surface area contributed by atoms with E-state index in [0.29, 0.717) is 6.04 Å². The number of nitrogens with zero attached hydrogens (tertiary/aromatic N) is 4. The van der Waals surface area contributed by atoms with Crippen LogP contribution in [-0.2, 0) is 12.8 Å². The van der Waals surface area contributed by atoms with Crippen LogP contribution < -0.4 is 14.8 Å². The maximum absolute atomic E-state index is 5.21. The largest absolute Gasteiger partial charge is 0.369 e. The molecule has 0 aromatic heterocycles. The summed E-state index contributed by atoms with van der Waals surface area (Å²) in [4.78, 5) is 11.6. The van der Waals surface area contributed by atoms with E-state index in [1.165, 1.54) is 43.0 Å². The van der Waals surface area contributed by atoms with Gasteiger partial charge in [-0.1, -0.05) is 13.8 Å². The Morgan fingerprint density at radius 1 is 0.967 bits per heavy atom. The number of aryl methyl sites for hydroxylation is 2. The van der Waals surface area contributed by atoms with Crippen LogP contribution in [0, 0.1) is 0 Å². The molecule has 160 valence electrons. The third-order valence-electron chi connectivity index (χ3n) is 6.41. The number of hydrogen-bond donors (Lipinski definition) is 0. The SMILES string of the molecule is CCc1cc(=[N+](C)C)cc2sc3cc(N4CCN(C(C)C)CC4)cc(CC)c3nc1-2. The first-order valence-electron chi connectivity index (χ1n) is 11.3. The summed E-state index contributed by atoms with van der Waals surface area (Å²) < 4.78 is 3.50. The van der Waals surface area contributed by atoms with Crippen LogP contribution in [0.1, 0.15) is 38.8 Å². The first kappa shape index (κ1) is 21.3. The number of anilines is 1. The predicted octanol–water partition coefficient (Wildman–Crippen LogP) is 4.09. The Labute approximate surface area is 184 Å². The van der Waals surface area contributed by atoms with Gasteiger partial charge in [-0.3, -0.25) is 4.90 Å². The Balaban J connectivity index is 1.84. The maximum atomic E-state index is 5.21. The lowest BCUT2D eigenvalue weighted by molar-refractivity contribution is 0.209. The van der Waals surface area contributed by atoms with Gasteiger partial charge in [0.25, 0.3) is 0 Å².